The van der Waals surface area contributed by atoms with Crippen molar-refractivity contribution in [3.05, 3.63) is 77.3 Å². The Hall–Kier alpha value is -4.89. The second-order valence-electron chi connectivity index (χ2n) is 14.4. The lowest BCUT2D eigenvalue weighted by Gasteiger charge is -2.29. The Balaban J connectivity index is 1.12. The first-order valence-corrected chi connectivity index (χ1v) is 20.5. The van der Waals surface area contributed by atoms with E-state index in [0.29, 0.717) is 42.9 Å². The van der Waals surface area contributed by atoms with Crippen LogP contribution in [0.2, 0.25) is 0 Å². The fraction of sp³-hybridized carbons (Fsp3) is 0.421. The van der Waals surface area contributed by atoms with E-state index in [1.165, 1.54) is 11.1 Å². The van der Waals surface area contributed by atoms with Crippen molar-refractivity contribution in [2.75, 3.05) is 6.54 Å². The number of hydrogen-bond donors (Lipinski definition) is 3. The average Bonchev–Trinajstić information content (AvgIpc) is 4.01. The molecule has 3 N–H and O–H groups in total. The Kier molecular flexibility index (Phi) is 9.39. The van der Waals surface area contributed by atoms with E-state index in [9.17, 15) is 27.6 Å². The molecular formula is C38H40N6O7S2. The molecule has 1 saturated heterocycles. The zero-order valence-corrected chi connectivity index (χ0v) is 30.5. The Morgan fingerprint density at radius 1 is 0.981 bits per heavy atom. The van der Waals surface area contributed by atoms with Crippen LogP contribution < -0.4 is 20.1 Å². The fourth-order valence-corrected chi connectivity index (χ4v) is 9.41. The molecule has 276 valence electrons. The normalized spacial score (nSPS) is 27.1. The Morgan fingerprint density at radius 2 is 1.75 bits per heavy atom. The third kappa shape index (κ3) is 7.11. The summed E-state index contributed by atoms with van der Waals surface area (Å²) in [6.45, 7) is 0.0191. The van der Waals surface area contributed by atoms with E-state index in [1.54, 1.807) is 5.51 Å². The second-order valence-corrected chi connectivity index (χ2v) is 17.2. The number of hydrogen-bond acceptors (Lipinski definition) is 10. The van der Waals surface area contributed by atoms with Gasteiger partial charge in [0.05, 0.1) is 29.0 Å². The highest BCUT2D eigenvalue weighted by Gasteiger charge is 2.62. The first kappa shape index (κ1) is 35.2. The van der Waals surface area contributed by atoms with Crippen LogP contribution in [0.15, 0.2) is 72.4 Å². The Morgan fingerprint density at radius 3 is 2.53 bits per heavy atom. The van der Waals surface area contributed by atoms with E-state index in [0.717, 1.165) is 45.9 Å². The first-order chi connectivity index (χ1) is 25.6. The highest BCUT2D eigenvalue weighted by atomic mass is 32.2. The molecule has 2 saturated carbocycles. The number of para-hydroxylation sites is 1. The van der Waals surface area contributed by atoms with Crippen LogP contribution in [0.5, 0.6) is 5.88 Å². The molecule has 4 heterocycles. The van der Waals surface area contributed by atoms with Gasteiger partial charge in [0.2, 0.25) is 27.7 Å². The Labute approximate surface area is 310 Å². The van der Waals surface area contributed by atoms with Gasteiger partial charge in [-0.1, -0.05) is 61.4 Å². The molecule has 2 aromatic carbocycles. The van der Waals surface area contributed by atoms with Crippen molar-refractivity contribution in [1.82, 2.24) is 30.2 Å². The molecule has 15 heteroatoms. The number of carbonyl (C=O) groups excluding carboxylic acids is 4. The molecule has 13 nitrogen and oxygen atoms in total. The summed E-state index contributed by atoms with van der Waals surface area (Å²) in [6, 6.07) is 13.5. The van der Waals surface area contributed by atoms with Gasteiger partial charge in [-0.25, -0.2) is 13.4 Å². The number of fused-ring (bicyclic) bond motifs is 5. The summed E-state index contributed by atoms with van der Waals surface area (Å²) in [5.41, 5.74) is 0.788. The summed E-state index contributed by atoms with van der Waals surface area (Å²) in [4.78, 5) is 66.5. The van der Waals surface area contributed by atoms with Gasteiger partial charge in [0.1, 0.15) is 28.6 Å². The number of allylic oxidation sites excluding steroid dienone is 1. The lowest BCUT2D eigenvalue weighted by Crippen LogP contribution is -2.58. The number of rotatable bonds is 7. The monoisotopic (exact) mass is 756 g/mol. The molecule has 3 fully saturated rings. The minimum absolute atomic E-state index is 0.0191. The van der Waals surface area contributed by atoms with Crippen molar-refractivity contribution < 1.29 is 32.3 Å². The smallest absolute Gasteiger partial charge is 0.263 e. The quantitative estimate of drug-likeness (QED) is 0.186. The SMILES string of the molecule is O=C(NC1CCCCC/C=C\C2C[C@@]2(C(=O)NS(=O)(=O)C2CC2)NC(=O)[C@@H]2C[C@@H](Oc3nc4ccccc4c4ccccc34)CN2C1=O)c1cncs1. The van der Waals surface area contributed by atoms with Gasteiger partial charge >= 0.3 is 0 Å². The van der Waals surface area contributed by atoms with Gasteiger partial charge in [-0.3, -0.25) is 28.9 Å². The maximum Gasteiger partial charge on any atom is 0.263 e. The van der Waals surface area contributed by atoms with Crippen LogP contribution in [0.4, 0.5) is 0 Å². The number of benzene rings is 2. The number of pyridine rings is 1. The fourth-order valence-electron chi connectivity index (χ4n) is 7.53. The first-order valence-electron chi connectivity index (χ1n) is 18.1. The highest BCUT2D eigenvalue weighted by molar-refractivity contribution is 7.91. The molecule has 2 aliphatic heterocycles. The molecule has 4 aromatic rings. The number of carbonyl (C=O) groups is 4. The maximum absolute atomic E-state index is 14.6. The van der Waals surface area contributed by atoms with Gasteiger partial charge in [-0.2, -0.15) is 0 Å². The van der Waals surface area contributed by atoms with Gasteiger partial charge in [0, 0.05) is 23.1 Å². The van der Waals surface area contributed by atoms with Crippen molar-refractivity contribution in [2.45, 2.75) is 86.8 Å². The topological polar surface area (TPSA) is 177 Å². The third-order valence-electron chi connectivity index (χ3n) is 10.7. The van der Waals surface area contributed by atoms with Crippen LogP contribution >= 0.6 is 11.3 Å². The zero-order chi connectivity index (χ0) is 36.7. The summed E-state index contributed by atoms with van der Waals surface area (Å²) < 4.78 is 34.5. The summed E-state index contributed by atoms with van der Waals surface area (Å²) in [5, 5.41) is 7.86. The number of nitrogens with zero attached hydrogens (tertiary/aromatic N) is 3. The molecular weight excluding hydrogens is 717 g/mol. The second kappa shape index (κ2) is 14.2. The molecule has 0 bridgehead atoms. The molecule has 0 spiro atoms. The molecule has 2 unspecified atom stereocenters. The summed E-state index contributed by atoms with van der Waals surface area (Å²) >= 11 is 1.16. The maximum atomic E-state index is 14.6. The number of nitrogens with one attached hydrogen (secondary N) is 3. The van der Waals surface area contributed by atoms with Gasteiger partial charge in [0.25, 0.3) is 11.8 Å². The van der Waals surface area contributed by atoms with Gasteiger partial charge < -0.3 is 20.3 Å². The largest absolute Gasteiger partial charge is 0.472 e. The lowest BCUT2D eigenvalue weighted by molar-refractivity contribution is -0.141. The average molecular weight is 757 g/mol. The van der Waals surface area contributed by atoms with Crippen LogP contribution in [-0.4, -0.2) is 82.4 Å². The highest BCUT2D eigenvalue weighted by Crippen LogP contribution is 2.46. The third-order valence-corrected chi connectivity index (χ3v) is 13.2. The summed E-state index contributed by atoms with van der Waals surface area (Å²) in [6.07, 6.45) is 9.19. The van der Waals surface area contributed by atoms with Crippen molar-refractivity contribution in [2.24, 2.45) is 5.92 Å². The summed E-state index contributed by atoms with van der Waals surface area (Å²) in [5.74, 6) is -2.30. The van der Waals surface area contributed by atoms with E-state index in [1.807, 2.05) is 60.7 Å². The molecule has 0 radical (unpaired) electrons. The number of aromatic nitrogens is 2. The number of sulfonamides is 1. The van der Waals surface area contributed by atoms with E-state index >= 15 is 0 Å². The zero-order valence-electron chi connectivity index (χ0n) is 28.9. The number of ether oxygens (including phenoxy) is 1. The molecule has 4 amide bonds. The van der Waals surface area contributed by atoms with Crippen LogP contribution in [0, 0.1) is 5.92 Å². The standard InChI is InChI=1S/C38H40N6O7S2/c45-33-31-18-24(51-35-28-13-7-6-11-26(28)27-12-8-9-14-29(27)41-35)21-44(31)36(47)30(40-34(46)32-20-39-22-52-32)15-5-3-1-2-4-10-23-19-38(23,42-33)37(48)43-53(49,50)25-16-17-25/h4,6-14,20,22-25,30-31H,1-3,5,15-19,21H2,(H,40,46)(H,42,45)(H,43,48)/b10-4-/t23?,24-,30?,31+,38-/m1/s1. The predicted molar refractivity (Wildman–Crippen MR) is 198 cm³/mol. The van der Waals surface area contributed by atoms with Crippen LogP contribution in [-0.2, 0) is 24.4 Å². The van der Waals surface area contributed by atoms with Crippen molar-refractivity contribution in [3.63, 3.8) is 0 Å². The van der Waals surface area contributed by atoms with Crippen LogP contribution in [0.3, 0.4) is 0 Å². The number of amides is 4. The van der Waals surface area contributed by atoms with Crippen molar-refractivity contribution in [3.8, 4) is 5.88 Å². The van der Waals surface area contributed by atoms with Crippen molar-refractivity contribution >= 4 is 66.7 Å². The predicted octanol–water partition coefficient (Wildman–Crippen LogP) is 4.00. The van der Waals surface area contributed by atoms with E-state index in [4.69, 9.17) is 9.72 Å². The molecule has 2 aromatic heterocycles. The van der Waals surface area contributed by atoms with Crippen LogP contribution in [0.1, 0.15) is 67.5 Å². The van der Waals surface area contributed by atoms with E-state index in [-0.39, 0.29) is 19.4 Å². The van der Waals surface area contributed by atoms with E-state index in [2.05, 4.69) is 20.3 Å². The van der Waals surface area contributed by atoms with Gasteiger partial charge in [0.15, 0.2) is 0 Å². The molecule has 8 rings (SSSR count). The lowest BCUT2D eigenvalue weighted by atomic mass is 10.0. The number of thiazole rings is 1. The van der Waals surface area contributed by atoms with Crippen molar-refractivity contribution in [1.29, 1.82) is 0 Å². The Bertz CT molecular complexity index is 2220. The van der Waals surface area contributed by atoms with E-state index < -0.39 is 68.5 Å². The molecule has 53 heavy (non-hydrogen) atoms. The molecule has 2 aliphatic carbocycles. The minimum Gasteiger partial charge on any atom is -0.472 e. The van der Waals surface area contributed by atoms with Crippen LogP contribution in [0.25, 0.3) is 21.7 Å². The molecule has 5 atom stereocenters. The minimum atomic E-state index is -3.88. The molecule has 4 aliphatic rings. The van der Waals surface area contributed by atoms with Gasteiger partial charge in [-0.05, 0) is 56.0 Å². The van der Waals surface area contributed by atoms with Gasteiger partial charge in [-0.15, -0.1) is 11.3 Å². The summed E-state index contributed by atoms with van der Waals surface area (Å²) in [7, 11) is -3.88.